The second kappa shape index (κ2) is 7.90. The number of hydrogen-bond acceptors (Lipinski definition) is 4. The third-order valence-electron chi connectivity index (χ3n) is 3.15. The van der Waals surface area contributed by atoms with Crippen molar-refractivity contribution in [1.29, 1.82) is 0 Å². The minimum absolute atomic E-state index is 0.341. The van der Waals surface area contributed by atoms with Crippen molar-refractivity contribution in [3.05, 3.63) is 52.0 Å². The van der Waals surface area contributed by atoms with Crippen molar-refractivity contribution >= 4 is 17.2 Å². The van der Waals surface area contributed by atoms with Crippen molar-refractivity contribution in [3.8, 4) is 0 Å². The molecule has 1 unspecified atom stereocenters. The maximum absolute atomic E-state index is 11.8. The number of hydrogen-bond donors (Lipinski definition) is 2. The molecule has 1 heterocycles. The summed E-state index contributed by atoms with van der Waals surface area (Å²) in [5, 5.41) is 15.9. The van der Waals surface area contributed by atoms with Gasteiger partial charge in [0.05, 0.1) is 5.01 Å². The molecule has 21 heavy (non-hydrogen) atoms. The molecular weight excluding hydrogens is 284 g/mol. The van der Waals surface area contributed by atoms with Crippen LogP contribution < -0.4 is 5.32 Å². The van der Waals surface area contributed by atoms with E-state index in [1.54, 1.807) is 23.5 Å². The van der Waals surface area contributed by atoms with Crippen molar-refractivity contribution in [2.45, 2.75) is 32.3 Å². The van der Waals surface area contributed by atoms with Gasteiger partial charge in [0, 0.05) is 17.6 Å². The molecule has 112 valence electrons. The van der Waals surface area contributed by atoms with Gasteiger partial charge in [-0.1, -0.05) is 30.3 Å². The molecule has 5 heteroatoms. The van der Waals surface area contributed by atoms with Crippen molar-refractivity contribution in [3.63, 3.8) is 0 Å². The van der Waals surface area contributed by atoms with E-state index in [9.17, 15) is 9.90 Å². The van der Waals surface area contributed by atoms with Gasteiger partial charge in [0.15, 0.2) is 6.10 Å². The molecule has 1 aromatic carbocycles. The van der Waals surface area contributed by atoms with Crippen LogP contribution in [0.4, 0.5) is 0 Å². The lowest BCUT2D eigenvalue weighted by atomic mass is 10.1. The Morgan fingerprint density at radius 3 is 2.76 bits per heavy atom. The number of benzene rings is 1. The van der Waals surface area contributed by atoms with Gasteiger partial charge in [-0.25, -0.2) is 4.98 Å². The highest BCUT2D eigenvalue weighted by molar-refractivity contribution is 7.09. The van der Waals surface area contributed by atoms with Crippen LogP contribution in [0.25, 0.3) is 0 Å². The Balaban J connectivity index is 1.65. The third-order valence-corrected chi connectivity index (χ3v) is 4.17. The van der Waals surface area contributed by atoms with E-state index >= 15 is 0 Å². The Morgan fingerprint density at radius 1 is 1.33 bits per heavy atom. The van der Waals surface area contributed by atoms with Gasteiger partial charge < -0.3 is 10.4 Å². The van der Waals surface area contributed by atoms with Crippen LogP contribution in [0, 0.1) is 6.92 Å². The second-order valence-electron chi connectivity index (χ2n) is 4.94. The fourth-order valence-electron chi connectivity index (χ4n) is 2.01. The molecule has 0 saturated carbocycles. The summed E-state index contributed by atoms with van der Waals surface area (Å²) in [6.07, 6.45) is 1.71. The number of nitrogens with zero attached hydrogens (tertiary/aromatic N) is 1. The molecule has 1 atom stereocenters. The number of amides is 1. The van der Waals surface area contributed by atoms with Crippen molar-refractivity contribution in [2.75, 3.05) is 6.54 Å². The van der Waals surface area contributed by atoms with Gasteiger partial charge in [0.2, 0.25) is 0 Å². The van der Waals surface area contributed by atoms with E-state index in [1.165, 1.54) is 0 Å². The summed E-state index contributed by atoms with van der Waals surface area (Å²) >= 11 is 1.68. The molecule has 0 fully saturated rings. The van der Waals surface area contributed by atoms with Crippen molar-refractivity contribution in [2.24, 2.45) is 0 Å². The van der Waals surface area contributed by atoms with E-state index in [0.29, 0.717) is 12.1 Å². The van der Waals surface area contributed by atoms with Crippen LogP contribution >= 0.6 is 11.3 Å². The summed E-state index contributed by atoms with van der Waals surface area (Å²) in [6, 6.07) is 8.96. The summed E-state index contributed by atoms with van der Waals surface area (Å²) < 4.78 is 0. The molecule has 1 amide bonds. The van der Waals surface area contributed by atoms with Gasteiger partial charge in [-0.05, 0) is 31.7 Å². The van der Waals surface area contributed by atoms with E-state index in [4.69, 9.17) is 0 Å². The highest BCUT2D eigenvalue weighted by Crippen LogP contribution is 2.13. The molecule has 2 N–H and O–H groups in total. The normalized spacial score (nSPS) is 12.1. The first-order valence-corrected chi connectivity index (χ1v) is 7.96. The minimum Gasteiger partial charge on any atom is -0.378 e. The van der Waals surface area contributed by atoms with Crippen LogP contribution in [0.1, 0.15) is 35.2 Å². The van der Waals surface area contributed by atoms with Crippen LogP contribution in [-0.4, -0.2) is 22.5 Å². The first-order chi connectivity index (χ1) is 10.2. The number of aryl methyl sites for hydroxylation is 2. The number of aromatic nitrogens is 1. The molecule has 0 bridgehead atoms. The fourth-order valence-corrected chi connectivity index (χ4v) is 2.83. The Hall–Kier alpha value is -1.72. The predicted octanol–water partition coefficient (Wildman–Crippen LogP) is 2.62. The molecular formula is C16H20N2O2S. The highest BCUT2D eigenvalue weighted by atomic mass is 32.1. The standard InChI is InChI=1S/C16H20N2O2S/c1-12-11-21-14(18-12)9-5-6-10-17-16(20)15(19)13-7-3-2-4-8-13/h2-4,7-8,11,15,19H,5-6,9-10H2,1H3,(H,17,20). The molecule has 0 saturated heterocycles. The molecule has 2 rings (SSSR count). The van der Waals surface area contributed by atoms with Crippen LogP contribution in [0.3, 0.4) is 0 Å². The number of carbonyl (C=O) groups excluding carboxylic acids is 1. The van der Waals surface area contributed by atoms with Crippen LogP contribution in [-0.2, 0) is 11.2 Å². The molecule has 0 aliphatic heterocycles. The monoisotopic (exact) mass is 304 g/mol. The summed E-state index contributed by atoms with van der Waals surface area (Å²) in [5.41, 5.74) is 1.68. The Labute approximate surface area is 128 Å². The number of carbonyl (C=O) groups is 1. The SMILES string of the molecule is Cc1csc(CCCCNC(=O)C(O)c2ccccc2)n1. The molecule has 0 radical (unpaired) electrons. The highest BCUT2D eigenvalue weighted by Gasteiger charge is 2.15. The molecule has 4 nitrogen and oxygen atoms in total. The number of aliphatic hydroxyl groups excluding tert-OH is 1. The van der Waals surface area contributed by atoms with Crippen molar-refractivity contribution in [1.82, 2.24) is 10.3 Å². The van der Waals surface area contributed by atoms with Gasteiger partial charge in [-0.3, -0.25) is 4.79 Å². The first-order valence-electron chi connectivity index (χ1n) is 7.08. The van der Waals surface area contributed by atoms with E-state index in [-0.39, 0.29) is 5.91 Å². The van der Waals surface area contributed by atoms with E-state index in [1.807, 2.05) is 30.5 Å². The number of rotatable bonds is 7. The summed E-state index contributed by atoms with van der Waals surface area (Å²) in [6.45, 7) is 2.57. The van der Waals surface area contributed by atoms with Gasteiger partial charge in [0.1, 0.15) is 0 Å². The average Bonchev–Trinajstić information content (AvgIpc) is 2.92. The zero-order valence-corrected chi connectivity index (χ0v) is 12.9. The first kappa shape index (κ1) is 15.7. The zero-order valence-electron chi connectivity index (χ0n) is 12.1. The Morgan fingerprint density at radius 2 is 2.10 bits per heavy atom. The lowest BCUT2D eigenvalue weighted by Gasteiger charge is -2.11. The summed E-state index contributed by atoms with van der Waals surface area (Å²) in [5.74, 6) is -0.341. The maximum Gasteiger partial charge on any atom is 0.253 e. The van der Waals surface area contributed by atoms with Crippen LogP contribution in [0.15, 0.2) is 35.7 Å². The van der Waals surface area contributed by atoms with Crippen LogP contribution in [0.2, 0.25) is 0 Å². The Kier molecular flexibility index (Phi) is 5.90. The molecule has 0 aliphatic rings. The Bertz CT molecular complexity index is 569. The topological polar surface area (TPSA) is 62.2 Å². The number of aliphatic hydroxyl groups is 1. The maximum atomic E-state index is 11.8. The van der Waals surface area contributed by atoms with E-state index in [2.05, 4.69) is 10.3 Å². The van der Waals surface area contributed by atoms with Crippen LogP contribution in [0.5, 0.6) is 0 Å². The second-order valence-corrected chi connectivity index (χ2v) is 5.89. The molecule has 0 aliphatic carbocycles. The molecule has 0 spiro atoms. The smallest absolute Gasteiger partial charge is 0.253 e. The summed E-state index contributed by atoms with van der Waals surface area (Å²) in [4.78, 5) is 16.2. The van der Waals surface area contributed by atoms with Gasteiger partial charge >= 0.3 is 0 Å². The molecule has 2 aromatic rings. The van der Waals surface area contributed by atoms with Crippen molar-refractivity contribution < 1.29 is 9.90 Å². The lowest BCUT2D eigenvalue weighted by molar-refractivity contribution is -0.129. The largest absolute Gasteiger partial charge is 0.378 e. The van der Waals surface area contributed by atoms with Gasteiger partial charge in [-0.15, -0.1) is 11.3 Å². The zero-order chi connectivity index (χ0) is 15.1. The van der Waals surface area contributed by atoms with E-state index < -0.39 is 6.10 Å². The van der Waals surface area contributed by atoms with Gasteiger partial charge in [-0.2, -0.15) is 0 Å². The van der Waals surface area contributed by atoms with E-state index in [0.717, 1.165) is 30.0 Å². The summed E-state index contributed by atoms with van der Waals surface area (Å²) in [7, 11) is 0. The average molecular weight is 304 g/mol. The quantitative estimate of drug-likeness (QED) is 0.773. The predicted molar refractivity (Wildman–Crippen MR) is 84.2 cm³/mol. The third kappa shape index (κ3) is 4.95. The molecule has 1 aromatic heterocycles. The fraction of sp³-hybridized carbons (Fsp3) is 0.375. The number of thiazole rings is 1. The lowest BCUT2D eigenvalue weighted by Crippen LogP contribution is -2.30. The number of nitrogens with one attached hydrogen (secondary N) is 1. The van der Waals surface area contributed by atoms with Gasteiger partial charge in [0.25, 0.3) is 5.91 Å². The number of unbranched alkanes of at least 4 members (excludes halogenated alkanes) is 1. The minimum atomic E-state index is -1.09.